The van der Waals surface area contributed by atoms with Crippen LogP contribution >= 0.6 is 0 Å². The molecule has 2 rings (SSSR count). The fourth-order valence-corrected chi connectivity index (χ4v) is 2.57. The van der Waals surface area contributed by atoms with Gasteiger partial charge < -0.3 is 55.1 Å². The molecule has 0 unspecified atom stereocenters. The van der Waals surface area contributed by atoms with Crippen molar-refractivity contribution in [2.45, 2.75) is 61.4 Å². The van der Waals surface area contributed by atoms with Crippen molar-refractivity contribution in [2.24, 2.45) is 0 Å². The minimum atomic E-state index is -1.74. The van der Waals surface area contributed by atoms with E-state index in [9.17, 15) is 35.7 Å². The summed E-state index contributed by atoms with van der Waals surface area (Å²) < 4.78 is 15.3. The van der Waals surface area contributed by atoms with Crippen LogP contribution in [0.2, 0.25) is 0 Å². The molecule has 8 N–H and O–H groups in total. The zero-order chi connectivity index (χ0) is 17.3. The van der Waals surface area contributed by atoms with Crippen LogP contribution in [0.3, 0.4) is 0 Å². The first-order valence-electron chi connectivity index (χ1n) is 7.08. The smallest absolute Gasteiger partial charge is 0.187 e. The molecule has 0 aromatic heterocycles. The minimum absolute atomic E-state index is 0.667. The topological polar surface area (TPSA) is 190 Å². The van der Waals surface area contributed by atoms with Gasteiger partial charge in [0.2, 0.25) is 0 Å². The average molecular weight is 342 g/mol. The molecule has 0 aliphatic carbocycles. The molecule has 2 fully saturated rings. The Morgan fingerprint density at radius 2 is 1.26 bits per heavy atom. The summed E-state index contributed by atoms with van der Waals surface area (Å²) in [6.07, 6.45) is -15.6. The zero-order valence-corrected chi connectivity index (χ0v) is 12.0. The molecule has 0 amide bonds. The van der Waals surface area contributed by atoms with Crippen molar-refractivity contribution in [1.82, 2.24) is 0 Å². The van der Waals surface area contributed by atoms with Gasteiger partial charge in [-0.05, 0) is 0 Å². The van der Waals surface area contributed by atoms with E-state index in [1.807, 2.05) is 0 Å². The lowest BCUT2D eigenvalue weighted by Gasteiger charge is -2.45. The van der Waals surface area contributed by atoms with E-state index in [-0.39, 0.29) is 0 Å². The largest absolute Gasteiger partial charge is 0.394 e. The van der Waals surface area contributed by atoms with Crippen molar-refractivity contribution in [2.75, 3.05) is 13.2 Å². The summed E-state index contributed by atoms with van der Waals surface area (Å²) in [7, 11) is 0. The van der Waals surface area contributed by atoms with Crippen molar-refractivity contribution in [3.8, 4) is 0 Å². The van der Waals surface area contributed by atoms with E-state index in [1.165, 1.54) is 0 Å². The Labute approximate surface area is 130 Å². The molecule has 11 heteroatoms. The normalized spacial score (nSPS) is 51.7. The Balaban J connectivity index is 2.11. The van der Waals surface area contributed by atoms with E-state index < -0.39 is 74.6 Å². The first-order chi connectivity index (χ1) is 10.8. The van der Waals surface area contributed by atoms with E-state index in [1.54, 1.807) is 0 Å². The molecule has 0 aromatic carbocycles. The standard InChI is InChI=1S/C12H22O11/c13-1-3-5(15)6(16)9(19)12(22-3)23-10-4(2-14)21-11(20)8(18)7(10)17/h3-20H,1-2H2/t3-,4-,5+,6-,7-,8-,9-,10+,11+,12-/m0/s1. The lowest BCUT2D eigenvalue weighted by atomic mass is 9.97. The Bertz CT molecular complexity index is 378. The molecule has 2 aliphatic rings. The summed E-state index contributed by atoms with van der Waals surface area (Å²) in [5.74, 6) is 0. The quantitative estimate of drug-likeness (QED) is 0.243. The summed E-state index contributed by atoms with van der Waals surface area (Å²) >= 11 is 0. The fraction of sp³-hybridized carbons (Fsp3) is 1.00. The molecule has 0 saturated carbocycles. The molecule has 10 atom stereocenters. The highest BCUT2D eigenvalue weighted by atomic mass is 16.7. The Morgan fingerprint density at radius 1 is 0.652 bits per heavy atom. The second kappa shape index (κ2) is 7.63. The van der Waals surface area contributed by atoms with Gasteiger partial charge in [0.05, 0.1) is 13.2 Å². The third kappa shape index (κ3) is 3.65. The Hall–Kier alpha value is -0.440. The predicted octanol–water partition coefficient (Wildman–Crippen LogP) is -5.40. The van der Waals surface area contributed by atoms with Crippen molar-refractivity contribution in [3.63, 3.8) is 0 Å². The molecule has 0 radical (unpaired) electrons. The van der Waals surface area contributed by atoms with Crippen molar-refractivity contribution in [3.05, 3.63) is 0 Å². The zero-order valence-electron chi connectivity index (χ0n) is 12.0. The van der Waals surface area contributed by atoms with Crippen LogP contribution in [0.15, 0.2) is 0 Å². The van der Waals surface area contributed by atoms with Crippen LogP contribution < -0.4 is 0 Å². The van der Waals surface area contributed by atoms with Gasteiger partial charge in [0.15, 0.2) is 12.6 Å². The summed E-state index contributed by atoms with van der Waals surface area (Å²) in [6.45, 7) is -1.35. The van der Waals surface area contributed by atoms with Gasteiger partial charge in [0.25, 0.3) is 0 Å². The maximum absolute atomic E-state index is 9.94. The van der Waals surface area contributed by atoms with Gasteiger partial charge in [0, 0.05) is 0 Å². The fourth-order valence-electron chi connectivity index (χ4n) is 2.57. The number of ether oxygens (including phenoxy) is 3. The molecule has 2 saturated heterocycles. The number of aliphatic hydroxyl groups is 8. The lowest BCUT2D eigenvalue weighted by Crippen LogP contribution is -2.64. The summed E-state index contributed by atoms with van der Waals surface area (Å²) in [4.78, 5) is 0. The van der Waals surface area contributed by atoms with Crippen molar-refractivity contribution < 1.29 is 55.1 Å². The summed E-state index contributed by atoms with van der Waals surface area (Å²) in [5.41, 5.74) is 0. The van der Waals surface area contributed by atoms with Crippen LogP contribution in [-0.4, -0.2) is 115 Å². The molecule has 136 valence electrons. The van der Waals surface area contributed by atoms with Crippen molar-refractivity contribution in [1.29, 1.82) is 0 Å². The second-order valence-electron chi connectivity index (χ2n) is 5.53. The minimum Gasteiger partial charge on any atom is -0.394 e. The highest BCUT2D eigenvalue weighted by Crippen LogP contribution is 2.28. The van der Waals surface area contributed by atoms with Gasteiger partial charge in [-0.25, -0.2) is 0 Å². The number of hydrogen-bond acceptors (Lipinski definition) is 11. The van der Waals surface area contributed by atoms with Crippen LogP contribution in [0.1, 0.15) is 0 Å². The third-order valence-electron chi connectivity index (χ3n) is 3.98. The summed E-state index contributed by atoms with van der Waals surface area (Å²) in [6, 6.07) is 0. The van der Waals surface area contributed by atoms with Crippen LogP contribution in [0.5, 0.6) is 0 Å². The summed E-state index contributed by atoms with van der Waals surface area (Å²) in [5, 5.41) is 76.5. The number of rotatable bonds is 4. The van der Waals surface area contributed by atoms with Crippen LogP contribution in [0.25, 0.3) is 0 Å². The highest BCUT2D eigenvalue weighted by Gasteiger charge is 2.50. The first kappa shape index (κ1) is 18.9. The van der Waals surface area contributed by atoms with E-state index in [0.29, 0.717) is 0 Å². The van der Waals surface area contributed by atoms with E-state index in [2.05, 4.69) is 0 Å². The average Bonchev–Trinajstić information content (AvgIpc) is 2.55. The molecule has 2 aliphatic heterocycles. The van der Waals surface area contributed by atoms with Crippen LogP contribution in [0, 0.1) is 0 Å². The maximum Gasteiger partial charge on any atom is 0.187 e. The number of aliphatic hydroxyl groups excluding tert-OH is 8. The van der Waals surface area contributed by atoms with Gasteiger partial charge in [0.1, 0.15) is 48.8 Å². The SMILES string of the molecule is OC[C@@H]1O[C@@H](O[C@H]2[C@@H](O)[C@H](O)[C@H](O)O[C@H]2CO)[C@@H](O)[C@@H](O)[C@@H]1O. The first-order valence-corrected chi connectivity index (χ1v) is 7.08. The Morgan fingerprint density at radius 3 is 1.83 bits per heavy atom. The van der Waals surface area contributed by atoms with Gasteiger partial charge in [-0.1, -0.05) is 0 Å². The van der Waals surface area contributed by atoms with E-state index in [4.69, 9.17) is 19.3 Å². The molecule has 0 spiro atoms. The van der Waals surface area contributed by atoms with Crippen LogP contribution in [0.4, 0.5) is 0 Å². The second-order valence-corrected chi connectivity index (χ2v) is 5.53. The lowest BCUT2D eigenvalue weighted by molar-refractivity contribution is -0.355. The van der Waals surface area contributed by atoms with E-state index in [0.717, 1.165) is 0 Å². The Kier molecular flexibility index (Phi) is 6.27. The predicted molar refractivity (Wildman–Crippen MR) is 68.6 cm³/mol. The molecular weight excluding hydrogens is 320 g/mol. The molecule has 2 heterocycles. The van der Waals surface area contributed by atoms with Gasteiger partial charge in [-0.15, -0.1) is 0 Å². The molecule has 0 aromatic rings. The highest BCUT2D eigenvalue weighted by molar-refractivity contribution is 4.93. The molecule has 23 heavy (non-hydrogen) atoms. The van der Waals surface area contributed by atoms with E-state index >= 15 is 0 Å². The number of hydrogen-bond donors (Lipinski definition) is 8. The molecule has 11 nitrogen and oxygen atoms in total. The molecular formula is C12H22O11. The molecule has 0 bridgehead atoms. The third-order valence-corrected chi connectivity index (χ3v) is 3.98. The van der Waals surface area contributed by atoms with Crippen molar-refractivity contribution >= 4 is 0 Å². The van der Waals surface area contributed by atoms with Gasteiger partial charge >= 0.3 is 0 Å². The maximum atomic E-state index is 9.94. The van der Waals surface area contributed by atoms with Crippen LogP contribution in [-0.2, 0) is 14.2 Å². The van der Waals surface area contributed by atoms with Gasteiger partial charge in [-0.3, -0.25) is 0 Å². The monoisotopic (exact) mass is 342 g/mol. The van der Waals surface area contributed by atoms with Gasteiger partial charge in [-0.2, -0.15) is 0 Å².